The summed E-state index contributed by atoms with van der Waals surface area (Å²) in [5, 5.41) is 12.5. The van der Waals surface area contributed by atoms with Crippen molar-refractivity contribution in [2.24, 2.45) is 5.92 Å². The molecule has 2 N–H and O–H groups in total. The molecule has 1 aromatic rings. The molecule has 1 saturated carbocycles. The summed E-state index contributed by atoms with van der Waals surface area (Å²) >= 11 is 3.99. The lowest BCUT2D eigenvalue weighted by Crippen LogP contribution is -2.54. The zero-order valence-corrected chi connectivity index (χ0v) is 12.7. The number of rotatable bonds is 6. The van der Waals surface area contributed by atoms with E-state index in [2.05, 4.69) is 17.9 Å². The summed E-state index contributed by atoms with van der Waals surface area (Å²) in [6, 6.07) is 5.88. The Bertz CT molecular complexity index is 462. The van der Waals surface area contributed by atoms with E-state index in [1.165, 1.54) is 12.1 Å². The van der Waals surface area contributed by atoms with Crippen LogP contribution in [0.4, 0.5) is 13.2 Å². The summed E-state index contributed by atoms with van der Waals surface area (Å²) in [5.74, 6) is 0.369. The average molecular weight is 319 g/mol. The van der Waals surface area contributed by atoms with E-state index >= 15 is 0 Å². The first-order valence-corrected chi connectivity index (χ1v) is 7.49. The van der Waals surface area contributed by atoms with E-state index in [0.29, 0.717) is 12.3 Å². The maximum absolute atomic E-state index is 13.4. The van der Waals surface area contributed by atoms with Crippen LogP contribution in [-0.4, -0.2) is 22.3 Å². The molecule has 1 aromatic carbocycles. The number of aliphatic hydroxyl groups is 1. The van der Waals surface area contributed by atoms with Gasteiger partial charge in [0.05, 0.1) is 5.54 Å². The molecule has 6 heteroatoms. The van der Waals surface area contributed by atoms with Crippen LogP contribution in [0.2, 0.25) is 0 Å². The molecule has 1 aliphatic rings. The van der Waals surface area contributed by atoms with E-state index in [9.17, 15) is 18.3 Å². The van der Waals surface area contributed by atoms with Crippen LogP contribution >= 0.6 is 12.6 Å². The minimum atomic E-state index is -4.44. The van der Waals surface area contributed by atoms with Crippen molar-refractivity contribution < 1.29 is 18.3 Å². The smallest absolute Gasteiger partial charge is 0.381 e. The van der Waals surface area contributed by atoms with Crippen LogP contribution in [-0.2, 0) is 0 Å². The first-order valence-electron chi connectivity index (χ1n) is 6.98. The summed E-state index contributed by atoms with van der Waals surface area (Å²) in [6.45, 7) is 1.60. The monoisotopic (exact) mass is 319 g/mol. The van der Waals surface area contributed by atoms with E-state index in [1.54, 1.807) is 25.1 Å². The van der Waals surface area contributed by atoms with Gasteiger partial charge in [-0.1, -0.05) is 43.2 Å². The largest absolute Gasteiger partial charge is 0.407 e. The molecule has 0 bridgehead atoms. The van der Waals surface area contributed by atoms with Crippen LogP contribution in [0.5, 0.6) is 0 Å². The fraction of sp³-hybridized carbons (Fsp3) is 0.600. The molecule has 21 heavy (non-hydrogen) atoms. The number of halogens is 3. The Kier molecular flexibility index (Phi) is 4.90. The standard InChI is InChI=1S/C15H20F3NOS/c1-14(13(20)21,9-10-7-8-10)19-12(15(16,17)18)11-5-3-2-4-6-11/h2-6,10,12-13,19-21H,7-9H2,1H3/t12?,13?,14-/m1/s1. The Morgan fingerprint density at radius 1 is 1.29 bits per heavy atom. The van der Waals surface area contributed by atoms with Crippen LogP contribution in [0.1, 0.15) is 37.8 Å². The van der Waals surface area contributed by atoms with Crippen molar-refractivity contribution in [2.75, 3.05) is 0 Å². The van der Waals surface area contributed by atoms with Gasteiger partial charge in [0.2, 0.25) is 0 Å². The van der Waals surface area contributed by atoms with E-state index in [0.717, 1.165) is 12.8 Å². The Labute approximate surface area is 128 Å². The van der Waals surface area contributed by atoms with Gasteiger partial charge in [0.15, 0.2) is 0 Å². The lowest BCUT2D eigenvalue weighted by Gasteiger charge is -2.38. The molecule has 0 amide bonds. The summed E-state index contributed by atoms with van der Waals surface area (Å²) in [7, 11) is 0. The Hall–Kier alpha value is -0.720. The molecule has 0 aliphatic heterocycles. The zero-order valence-electron chi connectivity index (χ0n) is 11.8. The number of benzene rings is 1. The fourth-order valence-electron chi connectivity index (χ4n) is 2.49. The number of thiol groups is 1. The van der Waals surface area contributed by atoms with Crippen molar-refractivity contribution in [1.82, 2.24) is 5.32 Å². The maximum atomic E-state index is 13.4. The van der Waals surface area contributed by atoms with Crippen LogP contribution in [0.25, 0.3) is 0 Å². The van der Waals surface area contributed by atoms with Gasteiger partial charge >= 0.3 is 6.18 Å². The third kappa shape index (κ3) is 4.37. The SMILES string of the molecule is C[C@](CC1CC1)(NC(c1ccccc1)C(F)(F)F)C(O)S. The molecule has 3 atom stereocenters. The van der Waals surface area contributed by atoms with Crippen molar-refractivity contribution >= 4 is 12.6 Å². The Balaban J connectivity index is 2.24. The van der Waals surface area contributed by atoms with Crippen LogP contribution < -0.4 is 5.32 Å². The summed E-state index contributed by atoms with van der Waals surface area (Å²) in [4.78, 5) is 0. The first-order chi connectivity index (χ1) is 9.72. The second-order valence-corrected chi connectivity index (χ2v) is 6.46. The molecule has 0 heterocycles. The maximum Gasteiger partial charge on any atom is 0.407 e. The molecular weight excluding hydrogens is 299 g/mol. The van der Waals surface area contributed by atoms with Crippen LogP contribution in [0.3, 0.4) is 0 Å². The van der Waals surface area contributed by atoms with Gasteiger partial charge in [0.25, 0.3) is 0 Å². The lowest BCUT2D eigenvalue weighted by molar-refractivity contribution is -0.164. The quantitative estimate of drug-likeness (QED) is 0.552. The number of nitrogens with one attached hydrogen (secondary N) is 1. The van der Waals surface area contributed by atoms with E-state index in [1.807, 2.05) is 0 Å². The van der Waals surface area contributed by atoms with Crippen LogP contribution in [0, 0.1) is 5.92 Å². The minimum Gasteiger partial charge on any atom is -0.381 e. The molecule has 1 aliphatic carbocycles. The lowest BCUT2D eigenvalue weighted by atomic mass is 9.92. The highest BCUT2D eigenvalue weighted by molar-refractivity contribution is 7.80. The predicted octanol–water partition coefficient (Wildman–Crippen LogP) is 3.69. The second-order valence-electron chi connectivity index (χ2n) is 5.97. The van der Waals surface area contributed by atoms with Gasteiger partial charge in [0.1, 0.15) is 11.5 Å². The molecule has 0 spiro atoms. The van der Waals surface area contributed by atoms with Crippen molar-refractivity contribution in [1.29, 1.82) is 0 Å². The third-order valence-electron chi connectivity index (χ3n) is 3.91. The highest BCUT2D eigenvalue weighted by Crippen LogP contribution is 2.41. The minimum absolute atomic E-state index is 0.140. The van der Waals surface area contributed by atoms with E-state index < -0.39 is 23.2 Å². The average Bonchev–Trinajstić information content (AvgIpc) is 3.19. The number of hydrogen-bond acceptors (Lipinski definition) is 3. The van der Waals surface area contributed by atoms with Gasteiger partial charge in [0, 0.05) is 0 Å². The van der Waals surface area contributed by atoms with Gasteiger partial charge in [-0.05, 0) is 24.8 Å². The van der Waals surface area contributed by atoms with Crippen LogP contribution in [0.15, 0.2) is 30.3 Å². The highest BCUT2D eigenvalue weighted by Gasteiger charge is 2.47. The zero-order chi connectivity index (χ0) is 15.7. The van der Waals surface area contributed by atoms with Gasteiger partial charge < -0.3 is 5.11 Å². The van der Waals surface area contributed by atoms with Gasteiger partial charge in [-0.15, -0.1) is 12.6 Å². The second kappa shape index (κ2) is 6.18. The first kappa shape index (κ1) is 16.6. The van der Waals surface area contributed by atoms with E-state index in [-0.39, 0.29) is 5.56 Å². The molecule has 118 valence electrons. The van der Waals surface area contributed by atoms with Crippen molar-refractivity contribution in [3.63, 3.8) is 0 Å². The Morgan fingerprint density at radius 2 is 1.86 bits per heavy atom. The number of aliphatic hydroxyl groups excluding tert-OH is 1. The Morgan fingerprint density at radius 3 is 2.29 bits per heavy atom. The topological polar surface area (TPSA) is 32.3 Å². The predicted molar refractivity (Wildman–Crippen MR) is 79.1 cm³/mol. The third-order valence-corrected chi connectivity index (χ3v) is 4.48. The fourth-order valence-corrected chi connectivity index (χ4v) is 2.67. The molecule has 2 rings (SSSR count). The molecule has 0 saturated heterocycles. The summed E-state index contributed by atoms with van der Waals surface area (Å²) in [6.07, 6.45) is -1.95. The molecular formula is C15H20F3NOS. The number of alkyl halides is 3. The summed E-state index contributed by atoms with van der Waals surface area (Å²) < 4.78 is 40.2. The molecule has 0 aromatic heterocycles. The normalized spacial score (nSPS) is 21.6. The molecule has 0 radical (unpaired) electrons. The van der Waals surface area contributed by atoms with Gasteiger partial charge in [-0.25, -0.2) is 0 Å². The van der Waals surface area contributed by atoms with Gasteiger partial charge in [-0.3, -0.25) is 5.32 Å². The van der Waals surface area contributed by atoms with Crippen molar-refractivity contribution in [3.8, 4) is 0 Å². The van der Waals surface area contributed by atoms with Crippen molar-refractivity contribution in [2.45, 2.75) is 49.4 Å². The van der Waals surface area contributed by atoms with Gasteiger partial charge in [-0.2, -0.15) is 13.2 Å². The summed E-state index contributed by atoms with van der Waals surface area (Å²) in [5.41, 5.74) is -2.10. The number of hydrogen-bond donors (Lipinski definition) is 3. The van der Waals surface area contributed by atoms with Crippen molar-refractivity contribution in [3.05, 3.63) is 35.9 Å². The molecule has 2 unspecified atom stereocenters. The molecule has 2 nitrogen and oxygen atoms in total. The molecule has 1 fully saturated rings. The highest BCUT2D eigenvalue weighted by atomic mass is 32.1. The van der Waals surface area contributed by atoms with E-state index in [4.69, 9.17) is 0 Å².